The van der Waals surface area contributed by atoms with E-state index in [0.29, 0.717) is 17.1 Å². The standard InChI is InChI=1S/C16H14N2O3S/c1-12-15(16(17-21-12)13-8-4-2-5-9-13)18-22(19,20)14-10-6-3-7-11-14/h2-11,18H,1H3. The summed E-state index contributed by atoms with van der Waals surface area (Å²) < 4.78 is 32.6. The Morgan fingerprint density at radius 2 is 1.55 bits per heavy atom. The summed E-state index contributed by atoms with van der Waals surface area (Å²) in [5, 5.41) is 3.96. The highest BCUT2D eigenvalue weighted by Crippen LogP contribution is 2.31. The van der Waals surface area contributed by atoms with E-state index in [1.165, 1.54) is 12.1 Å². The zero-order valence-corrected chi connectivity index (χ0v) is 12.7. The van der Waals surface area contributed by atoms with Gasteiger partial charge in [0.25, 0.3) is 10.0 Å². The van der Waals surface area contributed by atoms with Gasteiger partial charge in [-0.05, 0) is 19.1 Å². The van der Waals surface area contributed by atoms with Crippen LogP contribution in [0.1, 0.15) is 5.76 Å². The molecule has 0 fully saturated rings. The van der Waals surface area contributed by atoms with Crippen molar-refractivity contribution < 1.29 is 12.9 Å². The van der Waals surface area contributed by atoms with Crippen LogP contribution in [0.5, 0.6) is 0 Å². The highest BCUT2D eigenvalue weighted by Gasteiger charge is 2.21. The van der Waals surface area contributed by atoms with Crippen molar-refractivity contribution in [2.45, 2.75) is 11.8 Å². The lowest BCUT2D eigenvalue weighted by Gasteiger charge is -2.08. The molecule has 3 aromatic rings. The van der Waals surface area contributed by atoms with Crippen LogP contribution in [0.2, 0.25) is 0 Å². The van der Waals surface area contributed by atoms with E-state index in [2.05, 4.69) is 9.88 Å². The second kappa shape index (κ2) is 5.65. The molecule has 1 heterocycles. The maximum Gasteiger partial charge on any atom is 0.262 e. The van der Waals surface area contributed by atoms with Crippen LogP contribution in [0, 0.1) is 6.92 Å². The Bertz CT molecular complexity index is 872. The molecule has 0 unspecified atom stereocenters. The average Bonchev–Trinajstić information content (AvgIpc) is 2.90. The summed E-state index contributed by atoms with van der Waals surface area (Å²) in [6.07, 6.45) is 0. The van der Waals surface area contributed by atoms with Crippen LogP contribution in [0.25, 0.3) is 11.3 Å². The molecule has 2 aromatic carbocycles. The van der Waals surface area contributed by atoms with E-state index < -0.39 is 10.0 Å². The molecule has 0 bridgehead atoms. The smallest absolute Gasteiger partial charge is 0.262 e. The van der Waals surface area contributed by atoms with E-state index in [1.807, 2.05) is 30.3 Å². The molecular formula is C16H14N2O3S. The third-order valence-corrected chi connectivity index (χ3v) is 4.57. The van der Waals surface area contributed by atoms with Crippen LogP contribution in [0.3, 0.4) is 0 Å². The van der Waals surface area contributed by atoms with E-state index in [4.69, 9.17) is 4.52 Å². The molecular weight excluding hydrogens is 300 g/mol. The summed E-state index contributed by atoms with van der Waals surface area (Å²) in [5.74, 6) is 0.415. The maximum absolute atomic E-state index is 12.5. The van der Waals surface area contributed by atoms with Crippen molar-refractivity contribution in [3.05, 3.63) is 66.4 Å². The minimum atomic E-state index is -3.69. The van der Waals surface area contributed by atoms with Gasteiger partial charge in [-0.2, -0.15) is 0 Å². The first-order valence-electron chi connectivity index (χ1n) is 6.67. The van der Waals surface area contributed by atoms with Crippen molar-refractivity contribution >= 4 is 15.7 Å². The molecule has 0 aliphatic rings. The Hall–Kier alpha value is -2.60. The molecule has 0 radical (unpaired) electrons. The van der Waals surface area contributed by atoms with Crippen molar-refractivity contribution in [2.24, 2.45) is 0 Å². The first-order valence-corrected chi connectivity index (χ1v) is 8.16. The van der Waals surface area contributed by atoms with Gasteiger partial charge >= 0.3 is 0 Å². The second-order valence-electron chi connectivity index (χ2n) is 4.75. The molecule has 3 rings (SSSR count). The van der Waals surface area contributed by atoms with Crippen molar-refractivity contribution in [3.8, 4) is 11.3 Å². The lowest BCUT2D eigenvalue weighted by atomic mass is 10.1. The molecule has 6 heteroatoms. The molecule has 0 spiro atoms. The molecule has 1 aromatic heterocycles. The number of nitrogens with zero attached hydrogens (tertiary/aromatic N) is 1. The summed E-state index contributed by atoms with van der Waals surface area (Å²) in [6, 6.07) is 17.5. The molecule has 0 atom stereocenters. The number of nitrogens with one attached hydrogen (secondary N) is 1. The topological polar surface area (TPSA) is 72.2 Å². The van der Waals surface area contributed by atoms with E-state index in [1.54, 1.807) is 25.1 Å². The highest BCUT2D eigenvalue weighted by molar-refractivity contribution is 7.92. The lowest BCUT2D eigenvalue weighted by Crippen LogP contribution is -2.13. The number of sulfonamides is 1. The zero-order chi connectivity index (χ0) is 15.6. The van der Waals surface area contributed by atoms with Gasteiger partial charge in [0, 0.05) is 5.56 Å². The fraction of sp³-hybridized carbons (Fsp3) is 0.0625. The molecule has 112 valence electrons. The molecule has 5 nitrogen and oxygen atoms in total. The van der Waals surface area contributed by atoms with Gasteiger partial charge in [-0.15, -0.1) is 0 Å². The highest BCUT2D eigenvalue weighted by atomic mass is 32.2. The Labute approximate surface area is 128 Å². The number of benzene rings is 2. The van der Waals surface area contributed by atoms with Crippen LogP contribution in [0.4, 0.5) is 5.69 Å². The number of aromatic nitrogens is 1. The minimum Gasteiger partial charge on any atom is -0.359 e. The predicted molar refractivity (Wildman–Crippen MR) is 83.9 cm³/mol. The van der Waals surface area contributed by atoms with Gasteiger partial charge in [0.1, 0.15) is 11.4 Å². The first kappa shape index (κ1) is 14.3. The molecule has 0 aliphatic heterocycles. The Morgan fingerprint density at radius 1 is 0.955 bits per heavy atom. The van der Waals surface area contributed by atoms with Crippen molar-refractivity contribution in [2.75, 3.05) is 4.72 Å². The van der Waals surface area contributed by atoms with E-state index >= 15 is 0 Å². The van der Waals surface area contributed by atoms with Crippen molar-refractivity contribution in [3.63, 3.8) is 0 Å². The van der Waals surface area contributed by atoms with Crippen LogP contribution in [0.15, 0.2) is 70.1 Å². The maximum atomic E-state index is 12.5. The number of anilines is 1. The van der Waals surface area contributed by atoms with E-state index in [-0.39, 0.29) is 4.90 Å². The summed E-state index contributed by atoms with van der Waals surface area (Å²) in [5.41, 5.74) is 1.61. The fourth-order valence-electron chi connectivity index (χ4n) is 2.08. The first-order chi connectivity index (χ1) is 10.6. The normalized spacial score (nSPS) is 11.3. The van der Waals surface area contributed by atoms with Gasteiger partial charge in [-0.1, -0.05) is 53.7 Å². The summed E-state index contributed by atoms with van der Waals surface area (Å²) in [7, 11) is -3.69. The van der Waals surface area contributed by atoms with Crippen LogP contribution < -0.4 is 4.72 Å². The molecule has 0 saturated carbocycles. The van der Waals surface area contributed by atoms with Gasteiger partial charge in [0.15, 0.2) is 5.76 Å². The quantitative estimate of drug-likeness (QED) is 0.800. The monoisotopic (exact) mass is 314 g/mol. The third-order valence-electron chi connectivity index (χ3n) is 3.20. The summed E-state index contributed by atoms with van der Waals surface area (Å²) in [6.45, 7) is 1.67. The molecule has 0 saturated heterocycles. The Balaban J connectivity index is 2.02. The van der Waals surface area contributed by atoms with Gasteiger partial charge in [0.2, 0.25) is 0 Å². The lowest BCUT2D eigenvalue weighted by molar-refractivity contribution is 0.400. The third kappa shape index (κ3) is 2.73. The number of rotatable bonds is 4. The van der Waals surface area contributed by atoms with Gasteiger partial charge in [-0.3, -0.25) is 4.72 Å². The van der Waals surface area contributed by atoms with Crippen LogP contribution in [-0.2, 0) is 10.0 Å². The molecule has 0 amide bonds. The summed E-state index contributed by atoms with van der Waals surface area (Å²) in [4.78, 5) is 0.189. The van der Waals surface area contributed by atoms with Gasteiger partial charge in [-0.25, -0.2) is 8.42 Å². The second-order valence-corrected chi connectivity index (χ2v) is 6.43. The Kier molecular flexibility index (Phi) is 3.68. The predicted octanol–water partition coefficient (Wildman–Crippen LogP) is 3.45. The van der Waals surface area contributed by atoms with Gasteiger partial charge in [0.05, 0.1) is 4.90 Å². The van der Waals surface area contributed by atoms with Crippen molar-refractivity contribution in [1.82, 2.24) is 5.16 Å². The van der Waals surface area contributed by atoms with Gasteiger partial charge < -0.3 is 4.52 Å². The van der Waals surface area contributed by atoms with E-state index in [9.17, 15) is 8.42 Å². The SMILES string of the molecule is Cc1onc(-c2ccccc2)c1NS(=O)(=O)c1ccccc1. The average molecular weight is 314 g/mol. The number of hydrogen-bond acceptors (Lipinski definition) is 4. The van der Waals surface area contributed by atoms with Crippen LogP contribution >= 0.6 is 0 Å². The van der Waals surface area contributed by atoms with Crippen molar-refractivity contribution in [1.29, 1.82) is 0 Å². The summed E-state index contributed by atoms with van der Waals surface area (Å²) >= 11 is 0. The molecule has 22 heavy (non-hydrogen) atoms. The number of hydrogen-bond donors (Lipinski definition) is 1. The van der Waals surface area contributed by atoms with E-state index in [0.717, 1.165) is 5.56 Å². The molecule has 1 N–H and O–H groups in total. The molecule has 0 aliphatic carbocycles. The minimum absolute atomic E-state index is 0.189. The zero-order valence-electron chi connectivity index (χ0n) is 11.9. The van der Waals surface area contributed by atoms with Crippen LogP contribution in [-0.4, -0.2) is 13.6 Å². The number of aryl methyl sites for hydroxylation is 1. The Morgan fingerprint density at radius 3 is 2.18 bits per heavy atom. The fourth-order valence-corrected chi connectivity index (χ4v) is 3.22. The largest absolute Gasteiger partial charge is 0.359 e.